The van der Waals surface area contributed by atoms with Crippen LogP contribution in [-0.4, -0.2) is 34.7 Å². The van der Waals surface area contributed by atoms with Crippen LogP contribution in [0.25, 0.3) is 22.2 Å². The van der Waals surface area contributed by atoms with Crippen LogP contribution in [0, 0.1) is 24.7 Å². The monoisotopic (exact) mass is 558 g/mol. The fourth-order valence-electron chi connectivity index (χ4n) is 5.95. The Morgan fingerprint density at radius 1 is 0.952 bits per heavy atom. The summed E-state index contributed by atoms with van der Waals surface area (Å²) in [6.45, 7) is 5.46. The predicted octanol–water partition coefficient (Wildman–Crippen LogP) is 6.34. The number of allylic oxidation sites excluding steroid dienone is 2. The summed E-state index contributed by atoms with van der Waals surface area (Å²) in [5, 5.41) is 0.623. The molecule has 0 bridgehead atoms. The van der Waals surface area contributed by atoms with Gasteiger partial charge in [0.15, 0.2) is 6.10 Å². The molecular weight excluding hydrogens is 528 g/mol. The number of nitrogens with zero attached hydrogens (tertiary/aromatic N) is 2. The molecule has 4 atom stereocenters. The van der Waals surface area contributed by atoms with Crippen molar-refractivity contribution in [1.29, 1.82) is 0 Å². The molecule has 1 aliphatic carbocycles. The van der Waals surface area contributed by atoms with Crippen LogP contribution in [0.1, 0.15) is 46.5 Å². The molecule has 1 aromatic heterocycles. The Hall–Kier alpha value is -4.91. The Bertz CT molecular complexity index is 1760. The van der Waals surface area contributed by atoms with Crippen molar-refractivity contribution in [1.82, 2.24) is 4.98 Å². The lowest BCUT2D eigenvalue weighted by Crippen LogP contribution is -2.31. The molecule has 210 valence electrons. The normalized spacial score (nSPS) is 20.5. The topological polar surface area (TPSA) is 93.6 Å². The SMILES string of the molecule is Cc1ccc2nc(-c3ccc(N4C(=O)[C@H]5[C@@H](C)C=CC[C@H]5C4=O)cc3)cc(C(=O)O[C@H](C)C(=O)c3ccccc3)c2c1. The highest BCUT2D eigenvalue weighted by Gasteiger charge is 2.50. The van der Waals surface area contributed by atoms with Crippen LogP contribution < -0.4 is 4.90 Å². The van der Waals surface area contributed by atoms with Gasteiger partial charge in [0.25, 0.3) is 0 Å². The summed E-state index contributed by atoms with van der Waals surface area (Å²) < 4.78 is 5.65. The third-order valence-corrected chi connectivity index (χ3v) is 8.19. The summed E-state index contributed by atoms with van der Waals surface area (Å²) in [7, 11) is 0. The Morgan fingerprint density at radius 3 is 2.40 bits per heavy atom. The third kappa shape index (κ3) is 4.81. The van der Waals surface area contributed by atoms with Crippen molar-refractivity contribution in [2.75, 3.05) is 4.90 Å². The summed E-state index contributed by atoms with van der Waals surface area (Å²) in [5.74, 6) is -1.90. The van der Waals surface area contributed by atoms with Gasteiger partial charge in [-0.2, -0.15) is 0 Å². The van der Waals surface area contributed by atoms with Gasteiger partial charge in [-0.05, 0) is 56.5 Å². The average molecular weight is 559 g/mol. The average Bonchev–Trinajstić information content (AvgIpc) is 3.26. The van der Waals surface area contributed by atoms with Gasteiger partial charge >= 0.3 is 5.97 Å². The molecule has 0 unspecified atom stereocenters. The number of benzene rings is 3. The second-order valence-electron chi connectivity index (χ2n) is 11.1. The van der Waals surface area contributed by atoms with Gasteiger partial charge in [0, 0.05) is 16.5 Å². The van der Waals surface area contributed by atoms with Crippen molar-refractivity contribution < 1.29 is 23.9 Å². The molecule has 7 nitrogen and oxygen atoms in total. The molecule has 1 fully saturated rings. The number of aryl methyl sites for hydroxylation is 1. The van der Waals surface area contributed by atoms with Gasteiger partial charge in [0.1, 0.15) is 0 Å². The molecule has 4 aromatic rings. The molecule has 0 N–H and O–H groups in total. The molecule has 2 heterocycles. The molecule has 2 aliphatic rings. The third-order valence-electron chi connectivity index (χ3n) is 8.19. The molecule has 7 heteroatoms. The number of Topliss-reactive ketones (excluding diaryl/α,β-unsaturated/α-hetero) is 1. The first-order chi connectivity index (χ1) is 20.2. The Kier molecular flexibility index (Phi) is 7.02. The van der Waals surface area contributed by atoms with Gasteiger partial charge in [-0.1, -0.05) is 73.2 Å². The van der Waals surface area contributed by atoms with Crippen molar-refractivity contribution in [2.45, 2.75) is 33.3 Å². The maximum atomic E-state index is 13.5. The number of hydrogen-bond donors (Lipinski definition) is 0. The minimum atomic E-state index is -0.979. The van der Waals surface area contributed by atoms with Crippen LogP contribution >= 0.6 is 0 Å². The molecule has 0 saturated carbocycles. The minimum Gasteiger partial charge on any atom is -0.451 e. The van der Waals surface area contributed by atoms with E-state index in [0.717, 1.165) is 5.56 Å². The lowest BCUT2D eigenvalue weighted by atomic mass is 9.78. The molecule has 0 radical (unpaired) electrons. The number of pyridine rings is 1. The van der Waals surface area contributed by atoms with E-state index in [1.54, 1.807) is 61.5 Å². The number of imide groups is 1. The van der Waals surface area contributed by atoms with E-state index in [4.69, 9.17) is 9.72 Å². The Balaban J connectivity index is 1.31. The highest BCUT2D eigenvalue weighted by Crippen LogP contribution is 2.40. The second kappa shape index (κ2) is 10.8. The van der Waals surface area contributed by atoms with Crippen LogP contribution in [0.3, 0.4) is 0 Å². The highest BCUT2D eigenvalue weighted by molar-refractivity contribution is 6.22. The summed E-state index contributed by atoms with van der Waals surface area (Å²) >= 11 is 0. The molecule has 1 saturated heterocycles. The van der Waals surface area contributed by atoms with Crippen LogP contribution in [-0.2, 0) is 14.3 Å². The van der Waals surface area contributed by atoms with Crippen molar-refractivity contribution in [3.63, 3.8) is 0 Å². The van der Waals surface area contributed by atoms with Crippen molar-refractivity contribution in [3.8, 4) is 11.3 Å². The molecule has 2 amide bonds. The summed E-state index contributed by atoms with van der Waals surface area (Å²) in [4.78, 5) is 58.8. The van der Waals surface area contributed by atoms with Gasteiger partial charge < -0.3 is 4.74 Å². The van der Waals surface area contributed by atoms with E-state index in [1.165, 1.54) is 4.90 Å². The van der Waals surface area contributed by atoms with E-state index in [9.17, 15) is 19.2 Å². The first-order valence-electron chi connectivity index (χ1n) is 14.1. The number of carbonyl (C=O) groups is 4. The zero-order chi connectivity index (χ0) is 29.5. The van der Waals surface area contributed by atoms with E-state index in [2.05, 4.69) is 0 Å². The molecule has 3 aromatic carbocycles. The standard InChI is InChI=1S/C35H30N2O5/c1-20-12-17-29-27(18-20)28(35(41)42-22(3)32(38)24-9-5-4-6-10-24)19-30(36-29)23-13-15-25(16-14-23)37-33(39)26-11-7-8-21(2)31(26)34(37)40/h4-10,12-19,21-22,26,31H,11H2,1-3H3/t21-,22+,26+,31-/m0/s1. The summed E-state index contributed by atoms with van der Waals surface area (Å²) in [6.07, 6.45) is 3.58. The lowest BCUT2D eigenvalue weighted by Gasteiger charge is -2.22. The van der Waals surface area contributed by atoms with Gasteiger partial charge in [0.05, 0.1) is 34.3 Å². The number of hydrogen-bond acceptors (Lipinski definition) is 6. The summed E-state index contributed by atoms with van der Waals surface area (Å²) in [6, 6.07) is 23.1. The number of aromatic nitrogens is 1. The minimum absolute atomic E-state index is 0.0128. The molecule has 1 aliphatic heterocycles. The second-order valence-corrected chi connectivity index (χ2v) is 11.1. The highest BCUT2D eigenvalue weighted by atomic mass is 16.5. The quantitative estimate of drug-likeness (QED) is 0.119. The van der Waals surface area contributed by atoms with Gasteiger partial charge in [-0.3, -0.25) is 19.3 Å². The van der Waals surface area contributed by atoms with Gasteiger partial charge in [0.2, 0.25) is 17.6 Å². The number of anilines is 1. The van der Waals surface area contributed by atoms with Crippen LogP contribution in [0.4, 0.5) is 5.69 Å². The largest absolute Gasteiger partial charge is 0.451 e. The molecule has 42 heavy (non-hydrogen) atoms. The maximum absolute atomic E-state index is 13.5. The van der Waals surface area contributed by atoms with Crippen molar-refractivity contribution in [2.24, 2.45) is 17.8 Å². The number of carbonyl (C=O) groups excluding carboxylic acids is 4. The lowest BCUT2D eigenvalue weighted by molar-refractivity contribution is -0.122. The van der Waals surface area contributed by atoms with Crippen molar-refractivity contribution in [3.05, 3.63) is 108 Å². The molecule has 0 spiro atoms. The number of amides is 2. The number of rotatable bonds is 6. The number of ether oxygens (including phenoxy) is 1. The van der Waals surface area contributed by atoms with Crippen molar-refractivity contribution >= 4 is 40.2 Å². The Morgan fingerprint density at radius 2 is 1.69 bits per heavy atom. The fourth-order valence-corrected chi connectivity index (χ4v) is 5.95. The molecule has 6 rings (SSSR count). The number of ketones is 1. The summed E-state index contributed by atoms with van der Waals surface area (Å²) in [5.41, 5.74) is 4.06. The van der Waals surface area contributed by atoms with E-state index < -0.39 is 12.1 Å². The first-order valence-corrected chi connectivity index (χ1v) is 14.1. The number of esters is 1. The zero-order valence-electron chi connectivity index (χ0n) is 23.6. The van der Waals surface area contributed by atoms with E-state index >= 15 is 0 Å². The smallest absolute Gasteiger partial charge is 0.339 e. The predicted molar refractivity (Wildman–Crippen MR) is 160 cm³/mol. The zero-order valence-corrected chi connectivity index (χ0v) is 23.6. The van der Waals surface area contributed by atoms with E-state index in [1.807, 2.05) is 50.3 Å². The van der Waals surface area contributed by atoms with Gasteiger partial charge in [-0.25, -0.2) is 9.78 Å². The van der Waals surface area contributed by atoms with Crippen LogP contribution in [0.5, 0.6) is 0 Å². The maximum Gasteiger partial charge on any atom is 0.339 e. The van der Waals surface area contributed by atoms with E-state index in [-0.39, 0.29) is 35.4 Å². The molecular formula is C35H30N2O5. The van der Waals surface area contributed by atoms with Crippen LogP contribution in [0.2, 0.25) is 0 Å². The first kappa shape index (κ1) is 27.3. The van der Waals surface area contributed by atoms with Gasteiger partial charge in [-0.15, -0.1) is 0 Å². The van der Waals surface area contributed by atoms with E-state index in [0.29, 0.717) is 45.4 Å². The Labute approximate surface area is 243 Å². The number of fused-ring (bicyclic) bond motifs is 2. The van der Waals surface area contributed by atoms with Crippen LogP contribution in [0.15, 0.2) is 91.0 Å². The fraction of sp³-hybridized carbons (Fsp3) is 0.229.